The van der Waals surface area contributed by atoms with E-state index in [0.717, 1.165) is 0 Å². The summed E-state index contributed by atoms with van der Waals surface area (Å²) in [5.74, 6) is 0.124. The van der Waals surface area contributed by atoms with Crippen LogP contribution in [0.25, 0.3) is 0 Å². The predicted molar refractivity (Wildman–Crippen MR) is 98.4 cm³/mol. The molecule has 2 aromatic rings. The first-order valence-corrected chi connectivity index (χ1v) is 9.30. The van der Waals surface area contributed by atoms with Gasteiger partial charge in [0.25, 0.3) is 0 Å². The number of rotatable bonds is 7. The van der Waals surface area contributed by atoms with Crippen LogP contribution in [0.3, 0.4) is 0 Å². The highest BCUT2D eigenvalue weighted by Gasteiger charge is 2.33. The second kappa shape index (κ2) is 8.92. The number of aryl methyl sites for hydroxylation is 1. The van der Waals surface area contributed by atoms with Crippen molar-refractivity contribution < 1.29 is 18.5 Å². The Kier molecular flexibility index (Phi) is 6.35. The summed E-state index contributed by atoms with van der Waals surface area (Å²) in [6, 6.07) is 5.82. The van der Waals surface area contributed by atoms with Gasteiger partial charge in [0.15, 0.2) is 5.82 Å². The normalized spacial score (nSPS) is 17.4. The second-order valence-corrected chi connectivity index (χ2v) is 6.71. The third-order valence-electron chi connectivity index (χ3n) is 4.78. The molecule has 1 atom stereocenters. The van der Waals surface area contributed by atoms with Crippen LogP contribution in [0.5, 0.6) is 0 Å². The molecular weight excluding hydrogens is 365 g/mol. The summed E-state index contributed by atoms with van der Waals surface area (Å²) in [6.45, 7) is 5.49. The number of nitrogens with zero attached hydrogens (tertiary/aromatic N) is 4. The van der Waals surface area contributed by atoms with E-state index in [0.29, 0.717) is 36.9 Å². The topological polar surface area (TPSA) is 91.6 Å². The van der Waals surface area contributed by atoms with Crippen LogP contribution in [0.2, 0.25) is 0 Å². The maximum Gasteiger partial charge on any atom is 0.237 e. The Labute approximate surface area is 162 Å². The summed E-state index contributed by atoms with van der Waals surface area (Å²) in [5.41, 5.74) is 0.504. The van der Waals surface area contributed by atoms with Crippen molar-refractivity contribution in [2.75, 3.05) is 19.6 Å². The summed E-state index contributed by atoms with van der Waals surface area (Å²) in [5, 5.41) is 6.61. The third-order valence-corrected chi connectivity index (χ3v) is 4.78. The number of hydrogen-bond donors (Lipinski definition) is 1. The highest BCUT2D eigenvalue weighted by atomic mass is 19.1. The van der Waals surface area contributed by atoms with E-state index in [2.05, 4.69) is 15.5 Å². The number of benzene rings is 1. The van der Waals surface area contributed by atoms with Crippen LogP contribution in [-0.4, -0.2) is 57.4 Å². The van der Waals surface area contributed by atoms with Crippen molar-refractivity contribution >= 4 is 11.8 Å². The van der Waals surface area contributed by atoms with Crippen LogP contribution >= 0.6 is 0 Å². The summed E-state index contributed by atoms with van der Waals surface area (Å²) >= 11 is 0. The van der Waals surface area contributed by atoms with Crippen molar-refractivity contribution in [3.63, 3.8) is 0 Å². The van der Waals surface area contributed by atoms with E-state index in [9.17, 15) is 14.0 Å². The molecule has 150 valence electrons. The smallest absolute Gasteiger partial charge is 0.237 e. The highest BCUT2D eigenvalue weighted by Crippen LogP contribution is 2.17. The molecule has 1 saturated heterocycles. The zero-order valence-electron chi connectivity index (χ0n) is 16.0. The van der Waals surface area contributed by atoms with Gasteiger partial charge in [0, 0.05) is 38.7 Å². The molecule has 0 bridgehead atoms. The number of aromatic nitrogens is 2. The zero-order valence-corrected chi connectivity index (χ0v) is 16.0. The van der Waals surface area contributed by atoms with Crippen LogP contribution in [0.1, 0.15) is 30.6 Å². The Morgan fingerprint density at radius 3 is 2.89 bits per heavy atom. The lowest BCUT2D eigenvalue weighted by atomic mass is 10.1. The minimum Gasteiger partial charge on any atom is -0.353 e. The molecule has 1 aliphatic rings. The molecule has 0 aliphatic carbocycles. The summed E-state index contributed by atoms with van der Waals surface area (Å²) in [7, 11) is 0. The first-order chi connectivity index (χ1) is 13.5. The fourth-order valence-corrected chi connectivity index (χ4v) is 3.27. The van der Waals surface area contributed by atoms with Crippen molar-refractivity contribution in [1.82, 2.24) is 25.3 Å². The van der Waals surface area contributed by atoms with Gasteiger partial charge in [-0.1, -0.05) is 23.4 Å². The van der Waals surface area contributed by atoms with Crippen molar-refractivity contribution in [3.8, 4) is 0 Å². The number of carbonyl (C=O) groups excluding carboxylic acids is 2. The van der Waals surface area contributed by atoms with E-state index in [1.807, 2.05) is 11.8 Å². The van der Waals surface area contributed by atoms with E-state index < -0.39 is 6.04 Å². The molecular formula is C19H24FN5O3. The lowest BCUT2D eigenvalue weighted by Gasteiger charge is -2.35. The number of halogens is 1. The van der Waals surface area contributed by atoms with Crippen molar-refractivity contribution in [2.45, 2.75) is 39.4 Å². The summed E-state index contributed by atoms with van der Waals surface area (Å²) < 4.78 is 19.0. The van der Waals surface area contributed by atoms with E-state index >= 15 is 0 Å². The van der Waals surface area contributed by atoms with Gasteiger partial charge in [-0.2, -0.15) is 4.98 Å². The van der Waals surface area contributed by atoms with Crippen LogP contribution in [-0.2, 0) is 22.7 Å². The number of carbonyl (C=O) groups is 2. The number of amides is 2. The van der Waals surface area contributed by atoms with Gasteiger partial charge in [0.2, 0.25) is 17.7 Å². The van der Waals surface area contributed by atoms with E-state index in [1.54, 1.807) is 30.0 Å². The molecule has 2 heterocycles. The number of hydrogen-bond acceptors (Lipinski definition) is 6. The van der Waals surface area contributed by atoms with Crippen LogP contribution in [0.15, 0.2) is 28.8 Å². The molecule has 1 aromatic carbocycles. The number of nitrogens with one attached hydrogen (secondary N) is 1. The van der Waals surface area contributed by atoms with Crippen molar-refractivity contribution in [3.05, 3.63) is 47.4 Å². The molecule has 2 amide bonds. The number of piperazine rings is 1. The Hall–Kier alpha value is -2.81. The minimum absolute atomic E-state index is 0.00492. The minimum atomic E-state index is -0.651. The lowest BCUT2D eigenvalue weighted by molar-refractivity contribution is -0.139. The van der Waals surface area contributed by atoms with Gasteiger partial charge in [-0.05, 0) is 13.0 Å². The molecule has 28 heavy (non-hydrogen) atoms. The van der Waals surface area contributed by atoms with Crippen LogP contribution < -0.4 is 5.32 Å². The molecule has 1 N–H and O–H groups in total. The Morgan fingerprint density at radius 1 is 1.43 bits per heavy atom. The first-order valence-electron chi connectivity index (χ1n) is 9.30. The molecule has 0 spiro atoms. The lowest BCUT2D eigenvalue weighted by Crippen LogP contribution is -2.56. The Balaban J connectivity index is 1.69. The molecule has 1 unspecified atom stereocenters. The molecule has 8 nitrogen and oxygen atoms in total. The van der Waals surface area contributed by atoms with E-state index in [1.165, 1.54) is 6.07 Å². The van der Waals surface area contributed by atoms with E-state index in [4.69, 9.17) is 4.52 Å². The van der Waals surface area contributed by atoms with Gasteiger partial charge in [0.05, 0.1) is 19.0 Å². The third kappa shape index (κ3) is 4.72. The van der Waals surface area contributed by atoms with Gasteiger partial charge in [0.1, 0.15) is 5.82 Å². The molecule has 1 aliphatic heterocycles. The van der Waals surface area contributed by atoms with E-state index in [-0.39, 0.29) is 37.1 Å². The molecule has 1 fully saturated rings. The average molecular weight is 389 g/mol. The van der Waals surface area contributed by atoms with Gasteiger partial charge >= 0.3 is 0 Å². The molecule has 0 radical (unpaired) electrons. The Morgan fingerprint density at radius 2 is 2.21 bits per heavy atom. The summed E-state index contributed by atoms with van der Waals surface area (Å²) in [6.07, 6.45) is 0.00492. The summed E-state index contributed by atoms with van der Waals surface area (Å²) in [4.78, 5) is 32.8. The fourth-order valence-electron chi connectivity index (χ4n) is 3.27. The monoisotopic (exact) mass is 389 g/mol. The fraction of sp³-hybridized carbons (Fsp3) is 0.474. The maximum absolute atomic E-state index is 14.0. The second-order valence-electron chi connectivity index (χ2n) is 6.71. The SMILES string of the molecule is CCN(Cc1noc(C)n1)C(=O)CC1C(=O)NCCN1Cc1ccccc1F. The van der Waals surface area contributed by atoms with Gasteiger partial charge in [-0.3, -0.25) is 14.5 Å². The Bertz CT molecular complexity index is 840. The predicted octanol–water partition coefficient (Wildman–Crippen LogP) is 1.26. The largest absolute Gasteiger partial charge is 0.353 e. The average Bonchev–Trinajstić information content (AvgIpc) is 3.09. The van der Waals surface area contributed by atoms with Gasteiger partial charge in [-0.25, -0.2) is 4.39 Å². The maximum atomic E-state index is 14.0. The molecule has 3 rings (SSSR count). The molecule has 9 heteroatoms. The first kappa shape index (κ1) is 19.9. The van der Waals surface area contributed by atoms with Gasteiger partial charge in [-0.15, -0.1) is 0 Å². The standard InChI is InChI=1S/C19H24FN5O3/c1-3-24(12-17-22-13(2)28-23-17)18(26)10-16-19(27)21-8-9-25(16)11-14-6-4-5-7-15(14)20/h4-7,16H,3,8-12H2,1-2H3,(H,21,27). The zero-order chi connectivity index (χ0) is 20.1. The van der Waals surface area contributed by atoms with Gasteiger partial charge < -0.3 is 14.7 Å². The molecule has 0 saturated carbocycles. The quantitative estimate of drug-likeness (QED) is 0.767. The van der Waals surface area contributed by atoms with Crippen LogP contribution in [0, 0.1) is 12.7 Å². The van der Waals surface area contributed by atoms with Crippen molar-refractivity contribution in [2.24, 2.45) is 0 Å². The highest BCUT2D eigenvalue weighted by molar-refractivity contribution is 5.88. The van der Waals surface area contributed by atoms with Crippen molar-refractivity contribution in [1.29, 1.82) is 0 Å². The molecule has 1 aromatic heterocycles. The van der Waals surface area contributed by atoms with Crippen LogP contribution in [0.4, 0.5) is 4.39 Å².